The highest BCUT2D eigenvalue weighted by Crippen LogP contribution is 2.17. The Morgan fingerprint density at radius 1 is 1.16 bits per heavy atom. The molecule has 0 atom stereocenters. The highest BCUT2D eigenvalue weighted by atomic mass is 32.1. The number of nitrogens with zero attached hydrogens (tertiary/aromatic N) is 3. The number of carbonyl (C=O) groups is 2. The molecule has 0 fully saturated rings. The van der Waals surface area contributed by atoms with E-state index in [2.05, 4.69) is 5.32 Å². The van der Waals surface area contributed by atoms with E-state index < -0.39 is 0 Å². The SMILES string of the molecule is CN(CC(=O)Nc1ccc2c(c1)n(C)c(=O)n2C)C(=O)c1cccs1. The predicted octanol–water partition coefficient (Wildman–Crippen LogP) is 1.65. The molecule has 2 aromatic heterocycles. The number of thiophene rings is 1. The first-order valence-electron chi connectivity index (χ1n) is 7.63. The average Bonchev–Trinajstić information content (AvgIpc) is 3.19. The van der Waals surface area contributed by atoms with Crippen LogP contribution >= 0.6 is 11.3 Å². The van der Waals surface area contributed by atoms with Crippen LogP contribution in [0.4, 0.5) is 5.69 Å². The summed E-state index contributed by atoms with van der Waals surface area (Å²) in [7, 11) is 4.98. The van der Waals surface area contributed by atoms with Gasteiger partial charge in [-0.15, -0.1) is 11.3 Å². The van der Waals surface area contributed by atoms with Crippen molar-refractivity contribution in [1.29, 1.82) is 0 Å². The van der Waals surface area contributed by atoms with Crippen LogP contribution in [-0.4, -0.2) is 39.4 Å². The summed E-state index contributed by atoms with van der Waals surface area (Å²) in [6, 6.07) is 8.79. The zero-order chi connectivity index (χ0) is 18.1. The van der Waals surface area contributed by atoms with Gasteiger partial charge in [0.1, 0.15) is 0 Å². The maximum absolute atomic E-state index is 12.2. The van der Waals surface area contributed by atoms with Crippen molar-refractivity contribution in [3.63, 3.8) is 0 Å². The number of aromatic nitrogens is 2. The summed E-state index contributed by atoms with van der Waals surface area (Å²) in [6.07, 6.45) is 0. The van der Waals surface area contributed by atoms with Gasteiger partial charge < -0.3 is 10.2 Å². The molecule has 0 radical (unpaired) electrons. The molecule has 8 heteroatoms. The number of carbonyl (C=O) groups excluding carboxylic acids is 2. The minimum atomic E-state index is -0.298. The molecule has 0 aliphatic carbocycles. The van der Waals surface area contributed by atoms with E-state index >= 15 is 0 Å². The smallest absolute Gasteiger partial charge is 0.328 e. The fourth-order valence-electron chi connectivity index (χ4n) is 2.66. The first-order chi connectivity index (χ1) is 11.9. The highest BCUT2D eigenvalue weighted by Gasteiger charge is 2.16. The van der Waals surface area contributed by atoms with Gasteiger partial charge in [-0.2, -0.15) is 0 Å². The van der Waals surface area contributed by atoms with Gasteiger partial charge in [0, 0.05) is 26.8 Å². The number of rotatable bonds is 4. The van der Waals surface area contributed by atoms with E-state index in [0.29, 0.717) is 10.6 Å². The van der Waals surface area contributed by atoms with Crippen LogP contribution < -0.4 is 11.0 Å². The van der Waals surface area contributed by atoms with Crippen molar-refractivity contribution in [2.75, 3.05) is 18.9 Å². The molecule has 130 valence electrons. The van der Waals surface area contributed by atoms with Crippen LogP contribution in [-0.2, 0) is 18.9 Å². The van der Waals surface area contributed by atoms with E-state index in [-0.39, 0.29) is 24.0 Å². The summed E-state index contributed by atoms with van der Waals surface area (Å²) < 4.78 is 3.08. The van der Waals surface area contributed by atoms with Crippen LogP contribution in [0.2, 0.25) is 0 Å². The van der Waals surface area contributed by atoms with Gasteiger partial charge in [0.05, 0.1) is 22.5 Å². The lowest BCUT2D eigenvalue weighted by atomic mass is 10.2. The van der Waals surface area contributed by atoms with Crippen molar-refractivity contribution in [3.8, 4) is 0 Å². The quantitative estimate of drug-likeness (QED) is 0.770. The molecule has 7 nitrogen and oxygen atoms in total. The van der Waals surface area contributed by atoms with Gasteiger partial charge in [-0.3, -0.25) is 18.7 Å². The largest absolute Gasteiger partial charge is 0.332 e. The second-order valence-corrected chi connectivity index (χ2v) is 6.74. The van der Waals surface area contributed by atoms with Gasteiger partial charge >= 0.3 is 5.69 Å². The molecule has 2 amide bonds. The third-order valence-electron chi connectivity index (χ3n) is 4.02. The van der Waals surface area contributed by atoms with E-state index in [4.69, 9.17) is 0 Å². The van der Waals surface area contributed by atoms with Crippen molar-refractivity contribution >= 4 is 39.9 Å². The summed E-state index contributed by atoms with van der Waals surface area (Å²) in [6.45, 7) is -0.0531. The molecule has 1 aromatic carbocycles. The van der Waals surface area contributed by atoms with E-state index in [0.717, 1.165) is 11.0 Å². The number of nitrogens with one attached hydrogen (secondary N) is 1. The van der Waals surface area contributed by atoms with Gasteiger partial charge in [0.15, 0.2) is 0 Å². The Hall–Kier alpha value is -2.87. The van der Waals surface area contributed by atoms with Crippen molar-refractivity contribution in [2.45, 2.75) is 0 Å². The highest BCUT2D eigenvalue weighted by molar-refractivity contribution is 7.12. The number of likely N-dealkylation sites (N-methyl/N-ethyl adjacent to an activating group) is 1. The Morgan fingerprint density at radius 2 is 1.88 bits per heavy atom. The fourth-order valence-corrected chi connectivity index (χ4v) is 3.38. The number of anilines is 1. The van der Waals surface area contributed by atoms with Crippen molar-refractivity contribution in [3.05, 3.63) is 51.1 Å². The van der Waals surface area contributed by atoms with E-state index in [1.807, 2.05) is 5.38 Å². The second-order valence-electron chi connectivity index (χ2n) is 5.79. The topological polar surface area (TPSA) is 76.3 Å². The van der Waals surface area contributed by atoms with Gasteiger partial charge in [-0.1, -0.05) is 6.07 Å². The molecule has 0 unspecified atom stereocenters. The zero-order valence-corrected chi connectivity index (χ0v) is 15.0. The number of imidazole rings is 1. The standard InChI is InChI=1S/C17H18N4O3S/c1-19(16(23)14-5-4-8-25-14)10-15(22)18-11-6-7-12-13(9-11)21(3)17(24)20(12)2/h4-9H,10H2,1-3H3,(H,18,22). The third-order valence-corrected chi connectivity index (χ3v) is 4.87. The minimum absolute atomic E-state index is 0.0531. The monoisotopic (exact) mass is 358 g/mol. The maximum Gasteiger partial charge on any atom is 0.328 e. The van der Waals surface area contributed by atoms with Crippen LogP contribution in [0, 0.1) is 0 Å². The van der Waals surface area contributed by atoms with Crippen molar-refractivity contribution in [2.24, 2.45) is 14.1 Å². The van der Waals surface area contributed by atoms with Crippen LogP contribution in [0.25, 0.3) is 11.0 Å². The molecule has 0 aliphatic heterocycles. The molecule has 25 heavy (non-hydrogen) atoms. The van der Waals surface area contributed by atoms with E-state index in [9.17, 15) is 14.4 Å². The van der Waals surface area contributed by atoms with Crippen LogP contribution in [0.15, 0.2) is 40.5 Å². The zero-order valence-electron chi connectivity index (χ0n) is 14.1. The number of aryl methyl sites for hydroxylation is 2. The van der Waals surface area contributed by atoms with E-state index in [1.54, 1.807) is 56.0 Å². The van der Waals surface area contributed by atoms with Crippen molar-refractivity contribution < 1.29 is 9.59 Å². The third kappa shape index (κ3) is 3.20. The first-order valence-corrected chi connectivity index (χ1v) is 8.50. The average molecular weight is 358 g/mol. The summed E-state index contributed by atoms with van der Waals surface area (Å²) >= 11 is 1.34. The molecule has 3 rings (SSSR count). The summed E-state index contributed by atoms with van der Waals surface area (Å²) in [5.74, 6) is -0.487. The maximum atomic E-state index is 12.2. The molecule has 0 saturated heterocycles. The molecule has 2 heterocycles. The summed E-state index contributed by atoms with van der Waals surface area (Å²) in [4.78, 5) is 38.3. The summed E-state index contributed by atoms with van der Waals surface area (Å²) in [5.41, 5.74) is 1.97. The lowest BCUT2D eigenvalue weighted by Crippen LogP contribution is -2.34. The first kappa shape index (κ1) is 17.0. The fraction of sp³-hybridized carbons (Fsp3) is 0.235. The molecule has 3 aromatic rings. The van der Waals surface area contributed by atoms with Gasteiger partial charge in [-0.05, 0) is 29.6 Å². The Balaban J connectivity index is 1.73. The normalized spacial score (nSPS) is 10.8. The second kappa shape index (κ2) is 6.56. The Kier molecular flexibility index (Phi) is 4.45. The molecule has 0 bridgehead atoms. The lowest BCUT2D eigenvalue weighted by Gasteiger charge is -2.16. The van der Waals surface area contributed by atoms with Crippen molar-refractivity contribution in [1.82, 2.24) is 14.0 Å². The number of hydrogen-bond donors (Lipinski definition) is 1. The number of benzene rings is 1. The Bertz CT molecular complexity index is 1000. The Labute approximate surface area is 148 Å². The van der Waals surface area contributed by atoms with Crippen LogP contribution in [0.3, 0.4) is 0 Å². The lowest BCUT2D eigenvalue weighted by molar-refractivity contribution is -0.116. The molecular weight excluding hydrogens is 340 g/mol. The molecule has 0 spiro atoms. The Morgan fingerprint density at radius 3 is 2.56 bits per heavy atom. The number of amides is 2. The number of fused-ring (bicyclic) bond motifs is 1. The van der Waals surface area contributed by atoms with Gasteiger partial charge in [0.2, 0.25) is 5.91 Å². The predicted molar refractivity (Wildman–Crippen MR) is 98.1 cm³/mol. The molecule has 0 saturated carbocycles. The van der Waals surface area contributed by atoms with Gasteiger partial charge in [-0.25, -0.2) is 4.79 Å². The molecule has 1 N–H and O–H groups in total. The van der Waals surface area contributed by atoms with Gasteiger partial charge in [0.25, 0.3) is 5.91 Å². The minimum Gasteiger partial charge on any atom is -0.332 e. The van der Waals surface area contributed by atoms with Crippen LogP contribution in [0.5, 0.6) is 0 Å². The van der Waals surface area contributed by atoms with E-state index in [1.165, 1.54) is 20.8 Å². The number of hydrogen-bond acceptors (Lipinski definition) is 4. The summed E-state index contributed by atoms with van der Waals surface area (Å²) in [5, 5.41) is 4.59. The molecular formula is C17H18N4O3S. The molecule has 0 aliphatic rings. The van der Waals surface area contributed by atoms with Crippen LogP contribution in [0.1, 0.15) is 9.67 Å².